The van der Waals surface area contributed by atoms with E-state index in [1.807, 2.05) is 0 Å². The number of aryl methyl sites for hydroxylation is 1. The summed E-state index contributed by atoms with van der Waals surface area (Å²) < 4.78 is 7.74. The molecule has 1 aromatic carbocycles. The Morgan fingerprint density at radius 3 is 1.94 bits per heavy atom. The Morgan fingerprint density at radius 2 is 1.32 bits per heavy atom. The van der Waals surface area contributed by atoms with Crippen LogP contribution in [0.5, 0.6) is 5.75 Å². The summed E-state index contributed by atoms with van der Waals surface area (Å²) in [5.74, 6) is 1.88. The number of aromatic amines is 1. The SMILES string of the molecule is CCCCCCCCCCOc1ccc(-c2cc3nc(CCCCCCCCC)nn3[nH]2)cc1. The minimum Gasteiger partial charge on any atom is -0.494 e. The fourth-order valence-electron chi connectivity index (χ4n) is 4.47. The van der Waals surface area contributed by atoms with E-state index in [0.717, 1.165) is 47.9 Å². The van der Waals surface area contributed by atoms with Crippen molar-refractivity contribution in [2.24, 2.45) is 0 Å². The number of fused-ring (bicyclic) bond motifs is 1. The van der Waals surface area contributed by atoms with Crippen LogP contribution in [0.2, 0.25) is 0 Å². The molecule has 0 atom stereocenters. The summed E-state index contributed by atoms with van der Waals surface area (Å²) in [7, 11) is 0. The van der Waals surface area contributed by atoms with Crippen molar-refractivity contribution in [1.82, 2.24) is 19.8 Å². The number of hydrogen-bond acceptors (Lipinski definition) is 3. The molecule has 34 heavy (non-hydrogen) atoms. The normalized spacial score (nSPS) is 11.5. The molecule has 0 aliphatic carbocycles. The molecule has 2 heterocycles. The zero-order valence-electron chi connectivity index (χ0n) is 21.7. The first-order chi connectivity index (χ1) is 16.8. The van der Waals surface area contributed by atoms with E-state index in [-0.39, 0.29) is 0 Å². The molecule has 0 saturated carbocycles. The van der Waals surface area contributed by atoms with Crippen LogP contribution in [0, 0.1) is 0 Å². The molecule has 0 aliphatic rings. The quantitative estimate of drug-likeness (QED) is 0.180. The van der Waals surface area contributed by atoms with Crippen LogP contribution in [0.1, 0.15) is 116 Å². The van der Waals surface area contributed by atoms with E-state index in [2.05, 4.69) is 54.4 Å². The van der Waals surface area contributed by atoms with Crippen molar-refractivity contribution in [3.8, 4) is 17.0 Å². The van der Waals surface area contributed by atoms with Crippen molar-refractivity contribution in [3.63, 3.8) is 0 Å². The van der Waals surface area contributed by atoms with Gasteiger partial charge in [-0.15, -0.1) is 5.10 Å². The lowest BCUT2D eigenvalue weighted by atomic mass is 10.1. The van der Waals surface area contributed by atoms with E-state index in [4.69, 9.17) is 9.72 Å². The molecule has 1 N–H and O–H groups in total. The van der Waals surface area contributed by atoms with Gasteiger partial charge in [0.05, 0.1) is 12.3 Å². The molecule has 3 rings (SSSR count). The lowest BCUT2D eigenvalue weighted by Gasteiger charge is -2.07. The lowest BCUT2D eigenvalue weighted by Crippen LogP contribution is -1.97. The summed E-state index contributed by atoms with van der Waals surface area (Å²) in [6.07, 6.45) is 20.7. The second kappa shape index (κ2) is 15.6. The minimum absolute atomic E-state index is 0.802. The number of aromatic nitrogens is 4. The smallest absolute Gasteiger partial charge is 0.176 e. The van der Waals surface area contributed by atoms with Crippen LogP contribution in [-0.2, 0) is 6.42 Å². The highest BCUT2D eigenvalue weighted by Gasteiger charge is 2.09. The Hall–Kier alpha value is -2.30. The van der Waals surface area contributed by atoms with Gasteiger partial charge in [0, 0.05) is 12.5 Å². The van der Waals surface area contributed by atoms with Gasteiger partial charge in [0.1, 0.15) is 5.75 Å². The van der Waals surface area contributed by atoms with Crippen molar-refractivity contribution in [1.29, 1.82) is 0 Å². The first-order valence-electron chi connectivity index (χ1n) is 14.0. The van der Waals surface area contributed by atoms with E-state index >= 15 is 0 Å². The molecule has 0 fully saturated rings. The van der Waals surface area contributed by atoms with Crippen LogP contribution in [0.25, 0.3) is 16.9 Å². The topological polar surface area (TPSA) is 55.2 Å². The molecule has 0 spiro atoms. The van der Waals surface area contributed by atoms with Gasteiger partial charge < -0.3 is 4.74 Å². The maximum Gasteiger partial charge on any atom is 0.176 e. The van der Waals surface area contributed by atoms with Crippen molar-refractivity contribution >= 4 is 5.65 Å². The maximum absolute atomic E-state index is 5.94. The molecule has 2 aromatic heterocycles. The molecule has 0 saturated heterocycles. The summed E-state index contributed by atoms with van der Waals surface area (Å²) in [6, 6.07) is 10.4. The Balaban J connectivity index is 1.35. The van der Waals surface area contributed by atoms with Crippen LogP contribution in [0.4, 0.5) is 0 Å². The lowest BCUT2D eigenvalue weighted by molar-refractivity contribution is 0.304. The third-order valence-electron chi connectivity index (χ3n) is 6.61. The van der Waals surface area contributed by atoms with Crippen molar-refractivity contribution in [2.75, 3.05) is 6.61 Å². The van der Waals surface area contributed by atoms with Gasteiger partial charge in [0.2, 0.25) is 0 Å². The fraction of sp³-hybridized carbons (Fsp3) is 0.655. The molecule has 5 heteroatoms. The monoisotopic (exact) mass is 466 g/mol. The highest BCUT2D eigenvalue weighted by atomic mass is 16.5. The average molecular weight is 467 g/mol. The summed E-state index contributed by atoms with van der Waals surface area (Å²) in [4.78, 5) is 4.71. The summed E-state index contributed by atoms with van der Waals surface area (Å²) in [5, 5.41) is 8.00. The zero-order chi connectivity index (χ0) is 23.8. The van der Waals surface area contributed by atoms with Gasteiger partial charge in [-0.1, -0.05) is 97.3 Å². The van der Waals surface area contributed by atoms with Gasteiger partial charge in [-0.05, 0) is 42.7 Å². The van der Waals surface area contributed by atoms with Gasteiger partial charge in [0.15, 0.2) is 11.5 Å². The predicted octanol–water partition coefficient (Wildman–Crippen LogP) is 8.54. The number of hydrogen-bond donors (Lipinski definition) is 1. The molecule has 0 bridgehead atoms. The minimum atomic E-state index is 0.802. The Labute approximate surface area is 206 Å². The van der Waals surface area contributed by atoms with Gasteiger partial charge in [-0.2, -0.15) is 4.63 Å². The molecule has 188 valence electrons. The summed E-state index contributed by atoms with van der Waals surface area (Å²) in [5.41, 5.74) is 3.05. The van der Waals surface area contributed by atoms with E-state index in [1.54, 1.807) is 4.63 Å². The van der Waals surface area contributed by atoms with E-state index in [9.17, 15) is 0 Å². The summed E-state index contributed by atoms with van der Waals surface area (Å²) >= 11 is 0. The average Bonchev–Trinajstić information content (AvgIpc) is 3.42. The fourth-order valence-corrected chi connectivity index (χ4v) is 4.47. The van der Waals surface area contributed by atoms with Crippen LogP contribution in [-0.4, -0.2) is 26.4 Å². The molecule has 0 aliphatic heterocycles. The Kier molecular flexibility index (Phi) is 12.0. The van der Waals surface area contributed by atoms with Crippen LogP contribution >= 0.6 is 0 Å². The molecule has 3 aromatic rings. The third-order valence-corrected chi connectivity index (χ3v) is 6.61. The first kappa shape index (κ1) is 26.3. The zero-order valence-corrected chi connectivity index (χ0v) is 21.7. The molecule has 0 amide bonds. The van der Waals surface area contributed by atoms with Crippen LogP contribution in [0.15, 0.2) is 30.3 Å². The van der Waals surface area contributed by atoms with Gasteiger partial charge in [-0.25, -0.2) is 4.98 Å². The van der Waals surface area contributed by atoms with Crippen molar-refractivity contribution in [2.45, 2.75) is 117 Å². The predicted molar refractivity (Wildman–Crippen MR) is 143 cm³/mol. The van der Waals surface area contributed by atoms with Gasteiger partial charge >= 0.3 is 0 Å². The Bertz CT molecular complexity index is 881. The van der Waals surface area contributed by atoms with Crippen molar-refractivity contribution in [3.05, 3.63) is 36.2 Å². The van der Waals surface area contributed by atoms with Crippen LogP contribution < -0.4 is 4.74 Å². The first-order valence-corrected chi connectivity index (χ1v) is 14.0. The van der Waals surface area contributed by atoms with E-state index in [0.29, 0.717) is 0 Å². The van der Waals surface area contributed by atoms with Crippen LogP contribution in [0.3, 0.4) is 0 Å². The molecule has 5 nitrogen and oxygen atoms in total. The second-order valence-corrected chi connectivity index (χ2v) is 9.69. The summed E-state index contributed by atoms with van der Waals surface area (Å²) in [6.45, 7) is 5.33. The largest absolute Gasteiger partial charge is 0.494 e. The maximum atomic E-state index is 5.94. The van der Waals surface area contributed by atoms with Gasteiger partial charge in [0.25, 0.3) is 0 Å². The number of benzene rings is 1. The number of unbranched alkanes of at least 4 members (excludes halogenated alkanes) is 13. The number of nitrogens with zero attached hydrogens (tertiary/aromatic N) is 3. The highest BCUT2D eigenvalue weighted by molar-refractivity contribution is 5.64. The molecule has 0 unspecified atom stereocenters. The molecule has 0 radical (unpaired) electrons. The highest BCUT2D eigenvalue weighted by Crippen LogP contribution is 2.23. The second-order valence-electron chi connectivity index (χ2n) is 9.69. The number of nitrogens with one attached hydrogen (secondary N) is 1. The molecular formula is C29H46N4O. The Morgan fingerprint density at radius 1 is 0.735 bits per heavy atom. The van der Waals surface area contributed by atoms with Gasteiger partial charge in [-0.3, -0.25) is 5.10 Å². The number of ether oxygens (including phenoxy) is 1. The van der Waals surface area contributed by atoms with E-state index in [1.165, 1.54) is 89.9 Å². The van der Waals surface area contributed by atoms with Crippen molar-refractivity contribution < 1.29 is 4.74 Å². The number of rotatable bonds is 19. The number of H-pyrrole nitrogens is 1. The third kappa shape index (κ3) is 9.15. The van der Waals surface area contributed by atoms with E-state index < -0.39 is 0 Å². The molecular weight excluding hydrogens is 420 g/mol. The standard InChI is InChI=1S/C29H46N4O/c1-3-5-7-9-11-13-15-17-23-34-26-21-19-25(20-22-26)27-24-29-30-28(32-33(29)31-27)18-16-14-12-10-8-6-4-2/h19-22,24,31H,3-18,23H2,1-2H3.